The van der Waals surface area contributed by atoms with Gasteiger partial charge in [-0.1, -0.05) is 91.0 Å². The van der Waals surface area contributed by atoms with Crippen LogP contribution in [-0.4, -0.2) is 30.3 Å². The van der Waals surface area contributed by atoms with Gasteiger partial charge in [0.15, 0.2) is 0 Å². The van der Waals surface area contributed by atoms with Gasteiger partial charge >= 0.3 is 18.3 Å². The highest BCUT2D eigenvalue weighted by Crippen LogP contribution is 2.40. The third kappa shape index (κ3) is 7.86. The summed E-state index contributed by atoms with van der Waals surface area (Å²) < 4.78 is 92.0. The molecule has 10 heteroatoms. The maximum atomic E-state index is 13.4. The van der Waals surface area contributed by atoms with Gasteiger partial charge in [-0.25, -0.2) is 4.79 Å². The molecule has 1 aliphatic rings. The number of alkyl halides is 6. The van der Waals surface area contributed by atoms with Gasteiger partial charge in [-0.3, -0.25) is 4.90 Å². The van der Waals surface area contributed by atoms with Gasteiger partial charge in [-0.2, -0.15) is 26.3 Å². The number of ether oxygens (including phenoxy) is 2. The van der Waals surface area contributed by atoms with Crippen LogP contribution in [0.2, 0.25) is 0 Å². The van der Waals surface area contributed by atoms with E-state index in [1.807, 2.05) is 78.9 Å². The van der Waals surface area contributed by atoms with E-state index in [1.54, 1.807) is 12.1 Å². The van der Waals surface area contributed by atoms with E-state index in [-0.39, 0.29) is 18.6 Å². The Labute approximate surface area is 250 Å². The molecule has 0 aliphatic carbocycles. The van der Waals surface area contributed by atoms with E-state index in [9.17, 15) is 31.1 Å². The molecule has 0 bridgehead atoms. The molecule has 4 aromatic rings. The van der Waals surface area contributed by atoms with Crippen molar-refractivity contribution < 1.29 is 40.6 Å². The van der Waals surface area contributed by atoms with Crippen molar-refractivity contribution in [1.29, 1.82) is 0 Å². The van der Waals surface area contributed by atoms with Gasteiger partial charge < -0.3 is 9.47 Å². The summed E-state index contributed by atoms with van der Waals surface area (Å²) in [6.07, 6.45) is -11.4. The lowest BCUT2D eigenvalue weighted by atomic mass is 9.87. The molecule has 0 radical (unpaired) electrons. The van der Waals surface area contributed by atoms with Gasteiger partial charge in [0.25, 0.3) is 0 Å². The van der Waals surface area contributed by atoms with E-state index in [4.69, 9.17) is 9.47 Å². The van der Waals surface area contributed by atoms with Crippen LogP contribution in [0.15, 0.2) is 109 Å². The average molecular weight is 614 g/mol. The van der Waals surface area contributed by atoms with Crippen molar-refractivity contribution in [1.82, 2.24) is 4.90 Å². The fourth-order valence-electron chi connectivity index (χ4n) is 5.47. The first-order valence-electron chi connectivity index (χ1n) is 13.9. The molecule has 0 saturated carbocycles. The van der Waals surface area contributed by atoms with Crippen molar-refractivity contribution in [3.05, 3.63) is 143 Å². The number of benzene rings is 4. The zero-order valence-electron chi connectivity index (χ0n) is 23.4. The van der Waals surface area contributed by atoms with Gasteiger partial charge in [0, 0.05) is 25.6 Å². The Morgan fingerprint density at radius 1 is 0.727 bits per heavy atom. The number of nitrogens with zero attached hydrogens (tertiary/aromatic N) is 1. The highest BCUT2D eigenvalue weighted by molar-refractivity contribution is 5.90. The van der Waals surface area contributed by atoms with Gasteiger partial charge in [0.1, 0.15) is 0 Å². The lowest BCUT2D eigenvalue weighted by Gasteiger charge is -2.29. The van der Waals surface area contributed by atoms with Gasteiger partial charge in [-0.15, -0.1) is 0 Å². The van der Waals surface area contributed by atoms with E-state index in [0.717, 1.165) is 16.7 Å². The standard InChI is InChI=1S/C34H29F6NO3/c35-33(36,37)28-16-26(17-29(18-28)34(38,39)40)31(42)44-32-30(25-14-8-3-9-15-25)27(22-43-32)21-41(19-23-10-4-1-5-11-23)20-24-12-6-2-7-13-24/h1-18,27,30,32H,19-22H2. The van der Waals surface area contributed by atoms with Crippen molar-refractivity contribution in [2.45, 2.75) is 37.7 Å². The van der Waals surface area contributed by atoms with Crippen LogP contribution in [-0.2, 0) is 34.9 Å². The first-order valence-corrected chi connectivity index (χ1v) is 13.9. The molecule has 0 spiro atoms. The Bertz CT molecular complexity index is 1450. The van der Waals surface area contributed by atoms with E-state index in [1.165, 1.54) is 0 Å². The Hall–Kier alpha value is -4.15. The van der Waals surface area contributed by atoms with Crippen LogP contribution < -0.4 is 0 Å². The van der Waals surface area contributed by atoms with Crippen molar-refractivity contribution in [2.24, 2.45) is 5.92 Å². The number of halogens is 6. The van der Waals surface area contributed by atoms with Crippen molar-refractivity contribution in [3.8, 4) is 0 Å². The van der Waals surface area contributed by atoms with Crippen LogP contribution >= 0.6 is 0 Å². The molecule has 0 amide bonds. The van der Waals surface area contributed by atoms with Crippen molar-refractivity contribution in [2.75, 3.05) is 13.2 Å². The molecular weight excluding hydrogens is 584 g/mol. The van der Waals surface area contributed by atoms with Gasteiger partial charge in [-0.05, 0) is 34.9 Å². The van der Waals surface area contributed by atoms with Crippen LogP contribution in [0.5, 0.6) is 0 Å². The molecule has 3 atom stereocenters. The molecule has 1 heterocycles. The monoisotopic (exact) mass is 613 g/mol. The molecule has 0 aromatic heterocycles. The van der Waals surface area contributed by atoms with Crippen molar-refractivity contribution >= 4 is 5.97 Å². The largest absolute Gasteiger partial charge is 0.431 e. The average Bonchev–Trinajstić information content (AvgIpc) is 3.39. The summed E-state index contributed by atoms with van der Waals surface area (Å²) in [6.45, 7) is 1.90. The zero-order chi connectivity index (χ0) is 31.3. The van der Waals surface area contributed by atoms with Crippen LogP contribution in [0.25, 0.3) is 0 Å². The van der Waals surface area contributed by atoms with E-state index in [0.29, 0.717) is 31.8 Å². The van der Waals surface area contributed by atoms with Crippen LogP contribution in [0, 0.1) is 5.92 Å². The number of hydrogen-bond donors (Lipinski definition) is 0. The minimum absolute atomic E-state index is 0.0281. The smallest absolute Gasteiger partial charge is 0.416 e. The summed E-state index contributed by atoms with van der Waals surface area (Å²) in [4.78, 5) is 15.3. The van der Waals surface area contributed by atoms with Crippen molar-refractivity contribution in [3.63, 3.8) is 0 Å². The van der Waals surface area contributed by atoms with Crippen LogP contribution in [0.4, 0.5) is 26.3 Å². The SMILES string of the molecule is O=C(OC1OCC(CN(Cc2ccccc2)Cc2ccccc2)C1c1ccccc1)c1cc(C(F)(F)F)cc(C(F)(F)F)c1. The zero-order valence-corrected chi connectivity index (χ0v) is 23.4. The van der Waals surface area contributed by atoms with Gasteiger partial charge in [0.05, 0.1) is 29.2 Å². The molecule has 3 unspecified atom stereocenters. The normalized spacial score (nSPS) is 18.8. The number of carbonyl (C=O) groups is 1. The second-order valence-corrected chi connectivity index (χ2v) is 10.7. The molecule has 4 nitrogen and oxygen atoms in total. The van der Waals surface area contributed by atoms with E-state index < -0.39 is 47.2 Å². The first-order chi connectivity index (χ1) is 21.0. The first kappa shape index (κ1) is 31.3. The lowest BCUT2D eigenvalue weighted by Crippen LogP contribution is -2.33. The Kier molecular flexibility index (Phi) is 9.41. The number of rotatable bonds is 9. The fourth-order valence-corrected chi connectivity index (χ4v) is 5.47. The third-order valence-corrected chi connectivity index (χ3v) is 7.50. The molecule has 4 aromatic carbocycles. The molecule has 5 rings (SSSR count). The maximum Gasteiger partial charge on any atom is 0.416 e. The molecule has 230 valence electrons. The third-order valence-electron chi connectivity index (χ3n) is 7.50. The molecule has 0 N–H and O–H groups in total. The van der Waals surface area contributed by atoms with Crippen LogP contribution in [0.1, 0.15) is 44.1 Å². The number of hydrogen-bond acceptors (Lipinski definition) is 4. The summed E-state index contributed by atoms with van der Waals surface area (Å²) in [5.74, 6) is -2.07. The molecule has 1 aliphatic heterocycles. The highest BCUT2D eigenvalue weighted by Gasteiger charge is 2.43. The maximum absolute atomic E-state index is 13.4. The summed E-state index contributed by atoms with van der Waals surface area (Å²) in [5, 5.41) is 0. The summed E-state index contributed by atoms with van der Waals surface area (Å²) in [7, 11) is 0. The van der Waals surface area contributed by atoms with E-state index >= 15 is 0 Å². The topological polar surface area (TPSA) is 38.8 Å². The Morgan fingerprint density at radius 3 is 1.68 bits per heavy atom. The second-order valence-electron chi connectivity index (χ2n) is 10.7. The summed E-state index contributed by atoms with van der Waals surface area (Å²) in [5.41, 5.74) is -1.10. The summed E-state index contributed by atoms with van der Waals surface area (Å²) >= 11 is 0. The fraction of sp³-hybridized carbons (Fsp3) is 0.265. The molecule has 1 fully saturated rings. The molecular formula is C34H29F6NO3. The molecule has 1 saturated heterocycles. The quantitative estimate of drug-likeness (QED) is 0.141. The predicted molar refractivity (Wildman–Crippen MR) is 151 cm³/mol. The highest BCUT2D eigenvalue weighted by atomic mass is 19.4. The van der Waals surface area contributed by atoms with E-state index in [2.05, 4.69) is 4.90 Å². The lowest BCUT2D eigenvalue weighted by molar-refractivity contribution is -0.143. The predicted octanol–water partition coefficient (Wildman–Crippen LogP) is 8.34. The number of carbonyl (C=O) groups excluding carboxylic acids is 1. The number of esters is 1. The minimum Gasteiger partial charge on any atom is -0.431 e. The Morgan fingerprint density at radius 2 is 1.20 bits per heavy atom. The Balaban J connectivity index is 1.42. The van der Waals surface area contributed by atoms with Crippen LogP contribution in [0.3, 0.4) is 0 Å². The minimum atomic E-state index is -5.10. The molecule has 44 heavy (non-hydrogen) atoms. The van der Waals surface area contributed by atoms with Gasteiger partial charge in [0.2, 0.25) is 6.29 Å². The second kappa shape index (κ2) is 13.2. The summed E-state index contributed by atoms with van der Waals surface area (Å²) in [6, 6.07) is 29.5.